The van der Waals surface area contributed by atoms with Crippen molar-refractivity contribution in [3.63, 3.8) is 0 Å². The minimum atomic E-state index is -5.23. The molecule has 0 radical (unpaired) electrons. The van der Waals surface area contributed by atoms with E-state index >= 15 is 0 Å². The molecule has 0 spiro atoms. The maximum absolute atomic E-state index is 14.5. The average molecular weight is 1460 g/mol. The standard InChI is InChI=1S/C66H110N15O20P/c1-4-5-6-7-8-9-10-11-12-13-14-28-53(83)70-39-54(84)73-43(22-15-16-33-67)58(89)74-45(30-32-55(85)86)57(88)71-41(2)62(93)80-37-20-26-50(80)65(96)78-35-18-24-48(78)60(91)72-42(3)63(94)81-38-21-27-51(81)66(97)79-36-19-25-49(79)61(92)75-44(29-31-52(68)82)59(90)76-46(40-101-102(98,99)100)64(95)77-34-17-23-47(77)56(69)87/h41-51H,4-40,67H2,1-3H3,(H2,68,82)(H2,69,87)(H,70,83)(H,71,88)(H,72,91)(H,73,84)(H,74,89)(H,75,92)(H,76,90)(H,85,86)(H2,98,99,100)/t41-,42-,43-,44-,45-,46-,47-,48-,49-,50-,51-/m0/s1. The van der Waals surface area contributed by atoms with E-state index in [0.29, 0.717) is 51.4 Å². The highest BCUT2D eigenvalue weighted by atomic mass is 31.2. The van der Waals surface area contributed by atoms with Gasteiger partial charge in [0.2, 0.25) is 82.7 Å². The SMILES string of the molecule is CCCCCCCCCCCCCC(=O)NCC(=O)N[C@@H](CCCCN)C(=O)N[C@@H](CCC(=O)O)C(=O)N[C@@H](C)C(=O)N1CCC[C@H]1C(=O)N1CCC[C@H]1C(=O)N[C@@H](C)C(=O)N1CCC[C@H]1C(=O)N1CCC[C@H]1C(=O)N[C@@H](CCC(N)=O)C(=O)N[C@@H](COP(=O)(O)O)C(=O)N1CCC[C@H]1C(N)=O. The van der Waals surface area contributed by atoms with Crippen molar-refractivity contribution in [2.24, 2.45) is 17.2 Å². The smallest absolute Gasteiger partial charge is 0.469 e. The van der Waals surface area contributed by atoms with Gasteiger partial charge in [-0.05, 0) is 123 Å². The third-order valence-corrected chi connectivity index (χ3v) is 19.8. The summed E-state index contributed by atoms with van der Waals surface area (Å²) < 4.78 is 16.3. The molecular weight excluding hydrogens is 1350 g/mol. The van der Waals surface area contributed by atoms with Crippen LogP contribution < -0.4 is 54.4 Å². The first-order valence-corrected chi connectivity index (χ1v) is 37.8. The molecule has 5 rings (SSSR count). The number of phosphoric acid groups is 1. The second-order valence-electron chi connectivity index (χ2n) is 27.2. The summed E-state index contributed by atoms with van der Waals surface area (Å²) in [5, 5.41) is 27.4. The molecule has 0 aromatic rings. The number of nitrogens with zero attached hydrogens (tertiary/aromatic N) is 5. The van der Waals surface area contributed by atoms with E-state index in [0.717, 1.165) is 30.6 Å². The normalized spacial score (nSPS) is 20.7. The molecule has 11 atom stereocenters. The number of primary amides is 2. The summed E-state index contributed by atoms with van der Waals surface area (Å²) in [6.45, 7) is 4.12. The Morgan fingerprint density at radius 2 is 0.882 bits per heavy atom. The van der Waals surface area contributed by atoms with Crippen molar-refractivity contribution in [3.8, 4) is 0 Å². The molecule has 35 nitrogen and oxygen atoms in total. The van der Waals surface area contributed by atoms with Crippen molar-refractivity contribution in [2.75, 3.05) is 52.4 Å². The Kier molecular flexibility index (Phi) is 35.4. The van der Waals surface area contributed by atoms with E-state index < -0.39 is 196 Å². The molecule has 5 saturated heterocycles. The predicted molar refractivity (Wildman–Crippen MR) is 366 cm³/mol. The summed E-state index contributed by atoms with van der Waals surface area (Å²) in [4.78, 5) is 228. The van der Waals surface area contributed by atoms with Gasteiger partial charge in [-0.1, -0.05) is 71.1 Å². The van der Waals surface area contributed by atoms with Crippen LogP contribution >= 0.6 is 7.82 Å². The number of hydrogen-bond donors (Lipinski definition) is 13. The van der Waals surface area contributed by atoms with Crippen LogP contribution in [0.4, 0.5) is 0 Å². The molecule has 0 saturated carbocycles. The Bertz CT molecular complexity index is 3000. The first kappa shape index (κ1) is 84.8. The summed E-state index contributed by atoms with van der Waals surface area (Å²) in [7, 11) is -5.23. The van der Waals surface area contributed by atoms with Gasteiger partial charge in [-0.25, -0.2) is 4.57 Å². The second-order valence-corrected chi connectivity index (χ2v) is 28.4. The van der Waals surface area contributed by atoms with Crippen LogP contribution in [0.2, 0.25) is 0 Å². The van der Waals surface area contributed by atoms with E-state index in [-0.39, 0.29) is 90.1 Å². The van der Waals surface area contributed by atoms with Crippen LogP contribution in [0.1, 0.15) is 207 Å². The van der Waals surface area contributed by atoms with E-state index in [1.807, 2.05) is 0 Å². The van der Waals surface area contributed by atoms with Gasteiger partial charge in [-0.15, -0.1) is 0 Å². The number of carboxylic acids is 1. The molecule has 5 fully saturated rings. The summed E-state index contributed by atoms with van der Waals surface area (Å²) in [5.74, 6) is -11.9. The highest BCUT2D eigenvalue weighted by Gasteiger charge is 2.47. The molecular formula is C66H110N15O20P. The number of carbonyl (C=O) groups is 15. The van der Waals surface area contributed by atoms with Gasteiger partial charge in [0.1, 0.15) is 66.5 Å². The van der Waals surface area contributed by atoms with Crippen LogP contribution in [0, 0.1) is 0 Å². The van der Waals surface area contributed by atoms with E-state index in [9.17, 15) is 91.4 Å². The molecule has 0 aromatic carbocycles. The van der Waals surface area contributed by atoms with Crippen LogP contribution in [0.25, 0.3) is 0 Å². The fourth-order valence-corrected chi connectivity index (χ4v) is 14.2. The summed E-state index contributed by atoms with van der Waals surface area (Å²) in [6.07, 6.45) is 14.2. The molecule has 14 amide bonds. The van der Waals surface area contributed by atoms with Crippen molar-refractivity contribution < 1.29 is 95.9 Å². The molecule has 5 aliphatic heterocycles. The molecule has 574 valence electrons. The topological polar surface area (TPSA) is 522 Å². The maximum Gasteiger partial charge on any atom is 0.469 e. The number of hydrogen-bond acceptors (Lipinski definition) is 18. The molecule has 0 unspecified atom stereocenters. The lowest BCUT2D eigenvalue weighted by molar-refractivity contribution is -0.149. The number of amides is 14. The third kappa shape index (κ3) is 26.7. The number of carboxylic acid groups (broad SMARTS) is 1. The number of unbranched alkanes of at least 4 members (excludes halogenated alkanes) is 11. The number of likely N-dealkylation sites (tertiary alicyclic amines) is 5. The van der Waals surface area contributed by atoms with Crippen molar-refractivity contribution >= 4 is 96.5 Å². The number of nitrogens with two attached hydrogens (primary N) is 3. The zero-order valence-electron chi connectivity index (χ0n) is 59.2. The van der Waals surface area contributed by atoms with Gasteiger partial charge in [-0.3, -0.25) is 76.4 Å². The number of aliphatic carboxylic acids is 1. The van der Waals surface area contributed by atoms with Crippen molar-refractivity contribution in [1.82, 2.24) is 61.7 Å². The molecule has 0 bridgehead atoms. The lowest BCUT2D eigenvalue weighted by Gasteiger charge is -2.34. The van der Waals surface area contributed by atoms with Crippen LogP contribution in [-0.4, -0.2) is 247 Å². The molecule has 36 heteroatoms. The average Bonchev–Trinajstić information content (AvgIpc) is 1.63. The summed E-state index contributed by atoms with van der Waals surface area (Å²) >= 11 is 0. The quantitative estimate of drug-likeness (QED) is 0.0245. The van der Waals surface area contributed by atoms with Crippen LogP contribution in [-0.2, 0) is 81.0 Å². The third-order valence-electron chi connectivity index (χ3n) is 19.3. The van der Waals surface area contributed by atoms with Gasteiger partial charge in [0, 0.05) is 52.0 Å². The Labute approximate surface area is 595 Å². The first-order valence-electron chi connectivity index (χ1n) is 36.3. The van der Waals surface area contributed by atoms with Crippen molar-refractivity contribution in [3.05, 3.63) is 0 Å². The lowest BCUT2D eigenvalue weighted by atomic mass is 10.1. The Morgan fingerprint density at radius 1 is 0.461 bits per heavy atom. The Balaban J connectivity index is 1.15. The molecule has 16 N–H and O–H groups in total. The minimum Gasteiger partial charge on any atom is -0.481 e. The van der Waals surface area contributed by atoms with Crippen molar-refractivity contribution in [1.29, 1.82) is 0 Å². The second kappa shape index (κ2) is 42.6. The number of phosphoric ester groups is 1. The van der Waals surface area contributed by atoms with Crippen LogP contribution in [0.5, 0.6) is 0 Å². The Hall–Kier alpha value is -7.88. The number of rotatable bonds is 44. The van der Waals surface area contributed by atoms with Crippen LogP contribution in [0.15, 0.2) is 0 Å². The van der Waals surface area contributed by atoms with Gasteiger partial charge >= 0.3 is 13.8 Å². The molecule has 0 aliphatic carbocycles. The number of nitrogens with one attached hydrogen (secondary N) is 7. The Morgan fingerprint density at radius 3 is 1.37 bits per heavy atom. The molecule has 102 heavy (non-hydrogen) atoms. The van der Waals surface area contributed by atoms with E-state index in [1.54, 1.807) is 0 Å². The van der Waals surface area contributed by atoms with Crippen LogP contribution in [0.3, 0.4) is 0 Å². The zero-order chi connectivity index (χ0) is 75.2. The predicted octanol–water partition coefficient (Wildman–Crippen LogP) is -1.44. The largest absolute Gasteiger partial charge is 0.481 e. The number of carbonyl (C=O) groups excluding carboxylic acids is 14. The molecule has 5 aliphatic rings. The van der Waals surface area contributed by atoms with E-state index in [1.165, 1.54) is 72.0 Å². The van der Waals surface area contributed by atoms with Gasteiger partial charge < -0.3 is 93.8 Å². The summed E-state index contributed by atoms with van der Waals surface area (Å²) in [6, 6.07) is -14.3. The molecule has 5 heterocycles. The summed E-state index contributed by atoms with van der Waals surface area (Å²) in [5.41, 5.74) is 16.6. The lowest BCUT2D eigenvalue weighted by Crippen LogP contribution is -2.60. The monoisotopic (exact) mass is 1460 g/mol. The van der Waals surface area contributed by atoms with Gasteiger partial charge in [0.15, 0.2) is 0 Å². The van der Waals surface area contributed by atoms with Gasteiger partial charge in [0.25, 0.3) is 0 Å². The fraction of sp³-hybridized carbons (Fsp3) is 0.773. The molecule has 0 aromatic heterocycles. The van der Waals surface area contributed by atoms with Gasteiger partial charge in [0.05, 0.1) is 13.2 Å². The van der Waals surface area contributed by atoms with Gasteiger partial charge in [-0.2, -0.15) is 0 Å². The minimum absolute atomic E-state index is 0.00807. The van der Waals surface area contributed by atoms with E-state index in [2.05, 4.69) is 48.7 Å². The highest BCUT2D eigenvalue weighted by Crippen LogP contribution is 2.36. The first-order chi connectivity index (χ1) is 48.5. The highest BCUT2D eigenvalue weighted by molar-refractivity contribution is 7.46. The zero-order valence-corrected chi connectivity index (χ0v) is 60.1. The fourth-order valence-electron chi connectivity index (χ4n) is 13.8. The maximum atomic E-state index is 14.5. The van der Waals surface area contributed by atoms with E-state index in [4.69, 9.17) is 17.2 Å². The van der Waals surface area contributed by atoms with Crippen molar-refractivity contribution in [2.45, 2.75) is 273 Å².